The van der Waals surface area contributed by atoms with Crippen LogP contribution < -0.4 is 5.32 Å². The Morgan fingerprint density at radius 2 is 1.97 bits per heavy atom. The van der Waals surface area contributed by atoms with Crippen LogP contribution in [0.25, 0.3) is 0 Å². The minimum absolute atomic E-state index is 0.149. The molecule has 0 bridgehead atoms. The van der Waals surface area contributed by atoms with Crippen molar-refractivity contribution in [1.82, 2.24) is 20.1 Å². The SMILES string of the molecule is CC1=C(CSc2nnc(CCCCC(=O)NCC(C)C)n2CCc2ccccc2)CCC=C1. The predicted molar refractivity (Wildman–Crippen MR) is 137 cm³/mol. The molecule has 5 nitrogen and oxygen atoms in total. The summed E-state index contributed by atoms with van der Waals surface area (Å²) >= 11 is 1.80. The summed E-state index contributed by atoms with van der Waals surface area (Å²) in [4.78, 5) is 12.0. The van der Waals surface area contributed by atoms with E-state index in [1.54, 1.807) is 11.8 Å². The van der Waals surface area contributed by atoms with Crippen molar-refractivity contribution < 1.29 is 4.79 Å². The standard InChI is InChI=1S/C27H38N4OS/c1-21(2)19-28-26(32)16-10-9-15-25-29-30-27(33-20-24-14-8-7-11-22(24)3)31(25)18-17-23-12-5-4-6-13-23/h4-7,11-13,21H,8-10,14-20H2,1-3H3,(H,28,32). The quantitative estimate of drug-likeness (QED) is 0.301. The third-order valence-corrected chi connectivity index (χ3v) is 6.99. The number of carbonyl (C=O) groups excluding carboxylic acids is 1. The van der Waals surface area contributed by atoms with Crippen LogP contribution >= 0.6 is 11.8 Å². The van der Waals surface area contributed by atoms with Gasteiger partial charge in [0.1, 0.15) is 5.82 Å². The Morgan fingerprint density at radius 3 is 2.73 bits per heavy atom. The second-order valence-electron chi connectivity index (χ2n) is 9.21. The predicted octanol–water partition coefficient (Wildman–Crippen LogP) is 5.76. The lowest BCUT2D eigenvalue weighted by atomic mass is 10.0. The molecule has 33 heavy (non-hydrogen) atoms. The van der Waals surface area contributed by atoms with Crippen molar-refractivity contribution in [3.63, 3.8) is 0 Å². The minimum atomic E-state index is 0.149. The van der Waals surface area contributed by atoms with E-state index >= 15 is 0 Å². The number of unbranched alkanes of at least 4 members (excludes halogenated alkanes) is 1. The number of amides is 1. The fourth-order valence-corrected chi connectivity index (χ4v) is 4.99. The third kappa shape index (κ3) is 8.50. The highest BCUT2D eigenvalue weighted by Crippen LogP contribution is 2.27. The van der Waals surface area contributed by atoms with Gasteiger partial charge in [-0.25, -0.2) is 0 Å². The van der Waals surface area contributed by atoms with Crippen LogP contribution in [0.2, 0.25) is 0 Å². The summed E-state index contributed by atoms with van der Waals surface area (Å²) in [6.45, 7) is 8.05. The molecule has 178 valence electrons. The van der Waals surface area contributed by atoms with Gasteiger partial charge >= 0.3 is 0 Å². The first-order valence-electron chi connectivity index (χ1n) is 12.2. The summed E-state index contributed by atoms with van der Waals surface area (Å²) in [7, 11) is 0. The van der Waals surface area contributed by atoms with E-state index in [9.17, 15) is 4.79 Å². The van der Waals surface area contributed by atoms with Crippen molar-refractivity contribution in [2.24, 2.45) is 5.92 Å². The molecular formula is C27H38N4OS. The Bertz CT molecular complexity index is 946. The molecule has 0 fully saturated rings. The second-order valence-corrected chi connectivity index (χ2v) is 10.1. The molecule has 6 heteroatoms. The molecule has 1 aromatic heterocycles. The molecule has 0 radical (unpaired) electrons. The van der Waals surface area contributed by atoms with Crippen LogP contribution in [0.1, 0.15) is 64.3 Å². The number of nitrogens with zero attached hydrogens (tertiary/aromatic N) is 3. The molecular weight excluding hydrogens is 428 g/mol. The number of hydrogen-bond donors (Lipinski definition) is 1. The minimum Gasteiger partial charge on any atom is -0.356 e. The van der Waals surface area contributed by atoms with E-state index in [1.165, 1.54) is 16.7 Å². The van der Waals surface area contributed by atoms with Crippen LogP contribution in [-0.4, -0.2) is 33.0 Å². The number of allylic oxidation sites excluding steroid dienone is 3. The van der Waals surface area contributed by atoms with Gasteiger partial charge in [-0.15, -0.1) is 10.2 Å². The van der Waals surface area contributed by atoms with E-state index in [4.69, 9.17) is 0 Å². The average molecular weight is 467 g/mol. The molecule has 0 saturated carbocycles. The number of thioether (sulfide) groups is 1. The molecule has 0 unspecified atom stereocenters. The molecule has 1 amide bonds. The summed E-state index contributed by atoms with van der Waals surface area (Å²) in [5, 5.41) is 13.1. The van der Waals surface area contributed by atoms with Crippen LogP contribution in [0.15, 0.2) is 58.8 Å². The monoisotopic (exact) mass is 466 g/mol. The first kappa shape index (κ1) is 25.3. The lowest BCUT2D eigenvalue weighted by Gasteiger charge is -2.14. The number of nitrogens with one attached hydrogen (secondary N) is 1. The van der Waals surface area contributed by atoms with Crippen LogP contribution in [0.3, 0.4) is 0 Å². The zero-order chi connectivity index (χ0) is 23.5. The molecule has 1 aliphatic carbocycles. The van der Waals surface area contributed by atoms with Gasteiger partial charge in [0.25, 0.3) is 0 Å². The van der Waals surface area contributed by atoms with Gasteiger partial charge in [-0.3, -0.25) is 4.79 Å². The van der Waals surface area contributed by atoms with E-state index in [-0.39, 0.29) is 5.91 Å². The van der Waals surface area contributed by atoms with Gasteiger partial charge in [0.15, 0.2) is 5.16 Å². The van der Waals surface area contributed by atoms with Crippen LogP contribution in [0.4, 0.5) is 0 Å². The van der Waals surface area contributed by atoms with Gasteiger partial charge in [-0.05, 0) is 50.5 Å². The molecule has 1 heterocycles. The highest BCUT2D eigenvalue weighted by atomic mass is 32.2. The fourth-order valence-electron chi connectivity index (χ4n) is 3.87. The van der Waals surface area contributed by atoms with E-state index in [0.29, 0.717) is 12.3 Å². The van der Waals surface area contributed by atoms with Crippen molar-refractivity contribution in [3.8, 4) is 0 Å². The molecule has 1 aliphatic rings. The maximum Gasteiger partial charge on any atom is 0.220 e. The molecule has 0 aliphatic heterocycles. The summed E-state index contributed by atoms with van der Waals surface area (Å²) in [5.74, 6) is 2.63. The summed E-state index contributed by atoms with van der Waals surface area (Å²) < 4.78 is 2.30. The molecule has 2 aromatic rings. The van der Waals surface area contributed by atoms with Crippen molar-refractivity contribution in [2.75, 3.05) is 12.3 Å². The van der Waals surface area contributed by atoms with Crippen LogP contribution in [0.5, 0.6) is 0 Å². The summed E-state index contributed by atoms with van der Waals surface area (Å²) in [6.07, 6.45) is 11.0. The van der Waals surface area contributed by atoms with E-state index < -0.39 is 0 Å². The van der Waals surface area contributed by atoms with E-state index in [2.05, 4.69) is 83.3 Å². The number of benzene rings is 1. The van der Waals surface area contributed by atoms with Crippen LogP contribution in [0, 0.1) is 5.92 Å². The van der Waals surface area contributed by atoms with Gasteiger partial charge < -0.3 is 9.88 Å². The van der Waals surface area contributed by atoms with Crippen LogP contribution in [-0.2, 0) is 24.2 Å². The van der Waals surface area contributed by atoms with Gasteiger partial charge in [-0.1, -0.05) is 79.2 Å². The Balaban J connectivity index is 1.59. The smallest absolute Gasteiger partial charge is 0.220 e. The Labute approximate surface area is 203 Å². The number of carbonyl (C=O) groups is 1. The maximum absolute atomic E-state index is 12.0. The second kappa shape index (κ2) is 13.4. The molecule has 0 spiro atoms. The largest absolute Gasteiger partial charge is 0.356 e. The first-order valence-corrected chi connectivity index (χ1v) is 13.2. The lowest BCUT2D eigenvalue weighted by Crippen LogP contribution is -2.26. The Morgan fingerprint density at radius 1 is 1.15 bits per heavy atom. The van der Waals surface area contributed by atoms with E-state index in [1.807, 2.05) is 0 Å². The van der Waals surface area contributed by atoms with Crippen molar-refractivity contribution in [1.29, 1.82) is 0 Å². The lowest BCUT2D eigenvalue weighted by molar-refractivity contribution is -0.121. The molecule has 0 saturated heterocycles. The topological polar surface area (TPSA) is 59.8 Å². The number of rotatable bonds is 13. The zero-order valence-electron chi connectivity index (χ0n) is 20.3. The number of aromatic nitrogens is 3. The van der Waals surface area contributed by atoms with Crippen molar-refractivity contribution in [3.05, 3.63) is 65.0 Å². The highest BCUT2D eigenvalue weighted by molar-refractivity contribution is 7.99. The van der Waals surface area contributed by atoms with Crippen molar-refractivity contribution >= 4 is 17.7 Å². The van der Waals surface area contributed by atoms with Gasteiger partial charge in [-0.2, -0.15) is 0 Å². The van der Waals surface area contributed by atoms with E-state index in [0.717, 1.165) is 68.3 Å². The first-order chi connectivity index (χ1) is 16.0. The van der Waals surface area contributed by atoms with Gasteiger partial charge in [0, 0.05) is 31.7 Å². The van der Waals surface area contributed by atoms with Gasteiger partial charge in [0.05, 0.1) is 0 Å². The number of hydrogen-bond acceptors (Lipinski definition) is 4. The summed E-state index contributed by atoms with van der Waals surface area (Å²) in [6, 6.07) is 10.6. The Kier molecular flexibility index (Phi) is 10.3. The van der Waals surface area contributed by atoms with Gasteiger partial charge in [0.2, 0.25) is 5.91 Å². The molecule has 1 N–H and O–H groups in total. The maximum atomic E-state index is 12.0. The zero-order valence-corrected chi connectivity index (χ0v) is 21.2. The third-order valence-electron chi connectivity index (χ3n) is 5.94. The van der Waals surface area contributed by atoms with Crippen molar-refractivity contribution in [2.45, 2.75) is 77.4 Å². The fraction of sp³-hybridized carbons (Fsp3) is 0.519. The summed E-state index contributed by atoms with van der Waals surface area (Å²) in [5.41, 5.74) is 4.22. The molecule has 1 aromatic carbocycles. The average Bonchev–Trinajstić information content (AvgIpc) is 3.20. The molecule has 3 rings (SSSR count). The normalized spacial score (nSPS) is 13.7. The highest BCUT2D eigenvalue weighted by Gasteiger charge is 2.15. The Hall–Kier alpha value is -2.34. The number of aryl methyl sites for hydroxylation is 2. The molecule has 0 atom stereocenters.